The summed E-state index contributed by atoms with van der Waals surface area (Å²) in [6, 6.07) is 7.77. The monoisotopic (exact) mass is 475 g/mol. The second kappa shape index (κ2) is 9.31. The molecule has 0 aromatic heterocycles. The smallest absolute Gasteiger partial charge is 0.255 e. The molecule has 0 aliphatic carbocycles. The molecular weight excluding hydrogens is 454 g/mol. The Morgan fingerprint density at radius 3 is 2.23 bits per heavy atom. The van der Waals surface area contributed by atoms with Crippen molar-refractivity contribution >= 4 is 43.2 Å². The van der Waals surface area contributed by atoms with Gasteiger partial charge in [-0.1, -0.05) is 25.4 Å². The number of carbonyl (C=O) groups excluding carboxylic acids is 1. The molecular formula is C18H22ClN3O6S2. The van der Waals surface area contributed by atoms with E-state index in [0.717, 1.165) is 6.07 Å². The summed E-state index contributed by atoms with van der Waals surface area (Å²) in [5, 5.41) is 7.67. The summed E-state index contributed by atoms with van der Waals surface area (Å²) in [6.07, 6.45) is 0. The molecule has 0 fully saturated rings. The number of amides is 1. The molecule has 1 amide bonds. The van der Waals surface area contributed by atoms with Crippen LogP contribution in [-0.4, -0.2) is 47.2 Å². The van der Waals surface area contributed by atoms with Gasteiger partial charge in [0.25, 0.3) is 5.91 Å². The molecule has 3 N–H and O–H groups in total. The van der Waals surface area contributed by atoms with Crippen LogP contribution in [0.4, 0.5) is 5.69 Å². The molecule has 0 unspecified atom stereocenters. The van der Waals surface area contributed by atoms with Crippen LogP contribution in [0.5, 0.6) is 5.75 Å². The van der Waals surface area contributed by atoms with Crippen LogP contribution in [0.1, 0.15) is 24.2 Å². The van der Waals surface area contributed by atoms with Crippen LogP contribution in [0.2, 0.25) is 5.02 Å². The van der Waals surface area contributed by atoms with Gasteiger partial charge in [0.05, 0.1) is 12.1 Å². The van der Waals surface area contributed by atoms with Crippen LogP contribution in [-0.2, 0) is 20.0 Å². The first kappa shape index (κ1) is 24.1. The van der Waals surface area contributed by atoms with E-state index in [0.29, 0.717) is 0 Å². The van der Waals surface area contributed by atoms with Crippen LogP contribution in [0.15, 0.2) is 46.2 Å². The van der Waals surface area contributed by atoms with E-state index < -0.39 is 26.0 Å². The molecule has 0 radical (unpaired) electrons. The highest BCUT2D eigenvalue weighted by molar-refractivity contribution is 7.89. The second-order valence-electron chi connectivity index (χ2n) is 6.10. The number of benzene rings is 2. The molecule has 2 aromatic rings. The molecule has 0 saturated carbocycles. The van der Waals surface area contributed by atoms with Crippen molar-refractivity contribution in [2.24, 2.45) is 5.14 Å². The minimum Gasteiger partial charge on any atom is -0.495 e. The standard InChI is InChI=1S/C18H22ClN3O6S2/c1-4-22(5-2)30(26,27)16-10-12(6-8-14(16)19)18(23)21-13-7-9-15(28-3)17(11-13)29(20,24)25/h6-11H,4-5H2,1-3H3,(H,21,23)(H2,20,24,25). The predicted octanol–water partition coefficient (Wildman–Crippen LogP) is 2.28. The molecule has 0 atom stereocenters. The molecule has 9 nitrogen and oxygen atoms in total. The molecule has 2 aromatic carbocycles. The number of ether oxygens (including phenoxy) is 1. The third-order valence-electron chi connectivity index (χ3n) is 4.24. The van der Waals surface area contributed by atoms with E-state index >= 15 is 0 Å². The van der Waals surface area contributed by atoms with Crippen molar-refractivity contribution < 1.29 is 26.4 Å². The van der Waals surface area contributed by atoms with Gasteiger partial charge in [0.1, 0.15) is 15.5 Å². The SMILES string of the molecule is CCN(CC)S(=O)(=O)c1cc(C(=O)Nc2ccc(OC)c(S(N)(=O)=O)c2)ccc1Cl. The highest BCUT2D eigenvalue weighted by Crippen LogP contribution is 2.28. The fourth-order valence-corrected chi connectivity index (χ4v) is 5.41. The molecule has 0 heterocycles. The fourth-order valence-electron chi connectivity index (χ4n) is 2.72. The molecule has 164 valence electrons. The molecule has 30 heavy (non-hydrogen) atoms. The average molecular weight is 476 g/mol. The number of nitrogens with two attached hydrogens (primary N) is 1. The van der Waals surface area contributed by atoms with Crippen LogP contribution < -0.4 is 15.2 Å². The minimum absolute atomic E-state index is 0.0144. The third-order valence-corrected chi connectivity index (χ3v) is 7.71. The number of anilines is 1. The Labute approximate surface area is 180 Å². The van der Waals surface area contributed by atoms with Gasteiger partial charge >= 0.3 is 0 Å². The second-order valence-corrected chi connectivity index (χ2v) is 9.94. The maximum absolute atomic E-state index is 12.8. The molecule has 0 aliphatic rings. The van der Waals surface area contributed by atoms with E-state index in [1.807, 2.05) is 0 Å². The average Bonchev–Trinajstić information content (AvgIpc) is 2.68. The summed E-state index contributed by atoms with van der Waals surface area (Å²) >= 11 is 6.08. The van der Waals surface area contributed by atoms with Gasteiger partial charge < -0.3 is 10.1 Å². The molecule has 0 bridgehead atoms. The van der Waals surface area contributed by atoms with E-state index in [2.05, 4.69) is 5.32 Å². The van der Waals surface area contributed by atoms with E-state index in [1.165, 1.54) is 41.7 Å². The van der Waals surface area contributed by atoms with Crippen LogP contribution in [0, 0.1) is 0 Å². The van der Waals surface area contributed by atoms with Crippen molar-refractivity contribution in [2.75, 3.05) is 25.5 Å². The Kier molecular flexibility index (Phi) is 7.48. The molecule has 0 aliphatic heterocycles. The zero-order chi connectivity index (χ0) is 22.7. The number of primary sulfonamides is 1. The lowest BCUT2D eigenvalue weighted by Crippen LogP contribution is -2.31. The van der Waals surface area contributed by atoms with E-state index in [4.69, 9.17) is 21.5 Å². The van der Waals surface area contributed by atoms with Gasteiger partial charge in [-0.2, -0.15) is 4.31 Å². The van der Waals surface area contributed by atoms with Crippen LogP contribution >= 0.6 is 11.6 Å². The third kappa shape index (κ3) is 5.10. The summed E-state index contributed by atoms with van der Waals surface area (Å²) in [7, 11) is -6.70. The lowest BCUT2D eigenvalue weighted by Gasteiger charge is -2.19. The van der Waals surface area contributed by atoms with Crippen molar-refractivity contribution in [2.45, 2.75) is 23.6 Å². The first-order chi connectivity index (χ1) is 13.9. The van der Waals surface area contributed by atoms with E-state index in [9.17, 15) is 21.6 Å². The Balaban J connectivity index is 2.42. The van der Waals surface area contributed by atoms with Crippen molar-refractivity contribution in [3.63, 3.8) is 0 Å². The quantitative estimate of drug-likeness (QED) is 0.601. The molecule has 12 heteroatoms. The maximum Gasteiger partial charge on any atom is 0.255 e. The lowest BCUT2D eigenvalue weighted by atomic mass is 10.2. The first-order valence-corrected chi connectivity index (χ1v) is 12.1. The van der Waals surface area contributed by atoms with Gasteiger partial charge in [-0.25, -0.2) is 22.0 Å². The number of nitrogens with zero attached hydrogens (tertiary/aromatic N) is 1. The van der Waals surface area contributed by atoms with E-state index in [1.54, 1.807) is 13.8 Å². The summed E-state index contributed by atoms with van der Waals surface area (Å²) in [5.41, 5.74) is 0.158. The summed E-state index contributed by atoms with van der Waals surface area (Å²) < 4.78 is 55.2. The number of hydrogen-bond acceptors (Lipinski definition) is 6. The van der Waals surface area contributed by atoms with Crippen molar-refractivity contribution in [3.8, 4) is 5.75 Å². The van der Waals surface area contributed by atoms with E-state index in [-0.39, 0.29) is 44.9 Å². The van der Waals surface area contributed by atoms with Gasteiger partial charge in [0.2, 0.25) is 20.0 Å². The maximum atomic E-state index is 12.8. The van der Waals surface area contributed by atoms with Crippen molar-refractivity contribution in [1.29, 1.82) is 0 Å². The highest BCUT2D eigenvalue weighted by Gasteiger charge is 2.26. The Morgan fingerprint density at radius 1 is 1.07 bits per heavy atom. The molecule has 2 rings (SSSR count). The number of hydrogen-bond donors (Lipinski definition) is 2. The zero-order valence-corrected chi connectivity index (χ0v) is 18.9. The number of sulfonamides is 2. The summed E-state index contributed by atoms with van der Waals surface area (Å²) in [6.45, 7) is 3.87. The van der Waals surface area contributed by atoms with Crippen LogP contribution in [0.25, 0.3) is 0 Å². The Bertz CT molecular complexity index is 1160. The number of nitrogens with one attached hydrogen (secondary N) is 1. The Morgan fingerprint density at radius 2 is 1.70 bits per heavy atom. The fraction of sp³-hybridized carbons (Fsp3) is 0.278. The highest BCUT2D eigenvalue weighted by atomic mass is 35.5. The van der Waals surface area contributed by atoms with Crippen LogP contribution in [0.3, 0.4) is 0 Å². The minimum atomic E-state index is -4.09. The van der Waals surface area contributed by atoms with Gasteiger partial charge in [-0.3, -0.25) is 4.79 Å². The summed E-state index contributed by atoms with van der Waals surface area (Å²) in [4.78, 5) is 12.2. The zero-order valence-electron chi connectivity index (χ0n) is 16.5. The molecule has 0 spiro atoms. The van der Waals surface area contributed by atoms with Gasteiger partial charge in [-0.05, 0) is 36.4 Å². The first-order valence-electron chi connectivity index (χ1n) is 8.77. The normalized spacial score (nSPS) is 12.1. The van der Waals surface area contributed by atoms with Gasteiger partial charge in [0, 0.05) is 24.3 Å². The largest absolute Gasteiger partial charge is 0.495 e. The molecule has 0 saturated heterocycles. The predicted molar refractivity (Wildman–Crippen MR) is 114 cm³/mol. The number of halogens is 1. The topological polar surface area (TPSA) is 136 Å². The summed E-state index contributed by atoms with van der Waals surface area (Å²) in [5.74, 6) is -0.636. The number of carbonyl (C=O) groups is 1. The number of rotatable bonds is 8. The van der Waals surface area contributed by atoms with Crippen molar-refractivity contribution in [3.05, 3.63) is 47.0 Å². The van der Waals surface area contributed by atoms with Gasteiger partial charge in [-0.15, -0.1) is 0 Å². The van der Waals surface area contributed by atoms with Crippen molar-refractivity contribution in [1.82, 2.24) is 4.31 Å². The Hall–Kier alpha value is -2.18. The number of methoxy groups -OCH3 is 1. The van der Waals surface area contributed by atoms with Gasteiger partial charge in [0.15, 0.2) is 0 Å². The lowest BCUT2D eigenvalue weighted by molar-refractivity contribution is 0.102.